The van der Waals surface area contributed by atoms with Crippen molar-refractivity contribution in [2.45, 2.75) is 33.4 Å². The van der Waals surface area contributed by atoms with Crippen LogP contribution in [0.15, 0.2) is 58.1 Å². The van der Waals surface area contributed by atoms with E-state index in [4.69, 9.17) is 16.3 Å². The van der Waals surface area contributed by atoms with Crippen molar-refractivity contribution < 1.29 is 9.53 Å². The molecule has 0 aliphatic carbocycles. The van der Waals surface area contributed by atoms with Crippen molar-refractivity contribution >= 4 is 17.6 Å². The van der Waals surface area contributed by atoms with Crippen LogP contribution < -0.4 is 11.4 Å². The second kappa shape index (κ2) is 9.75. The fourth-order valence-electron chi connectivity index (χ4n) is 3.23. The van der Waals surface area contributed by atoms with Crippen LogP contribution in [0.3, 0.4) is 0 Å². The molecule has 0 amide bonds. The van der Waals surface area contributed by atoms with Crippen molar-refractivity contribution in [2.75, 3.05) is 7.11 Å². The lowest BCUT2D eigenvalue weighted by Crippen LogP contribution is -2.45. The second-order valence-electron chi connectivity index (χ2n) is 7.50. The van der Waals surface area contributed by atoms with Gasteiger partial charge >= 0.3 is 17.3 Å². The normalized spacial score (nSPS) is 11.9. The topological polar surface area (TPSA) is 83.2 Å². The Morgan fingerprint density at radius 3 is 2.26 bits per heavy atom. The molecule has 1 heterocycles. The Labute approximate surface area is 184 Å². The molecule has 2 aromatic carbocycles. The molecular formula is C23H24ClN3O4. The Morgan fingerprint density at radius 1 is 1.03 bits per heavy atom. The summed E-state index contributed by atoms with van der Waals surface area (Å²) in [7, 11) is 1.27. The summed E-state index contributed by atoms with van der Waals surface area (Å²) in [6.07, 6.45) is 0.325. The minimum Gasteiger partial charge on any atom is -0.469 e. The molecule has 0 unspecified atom stereocenters. The lowest BCUT2D eigenvalue weighted by atomic mass is 10.1. The van der Waals surface area contributed by atoms with Gasteiger partial charge in [0.1, 0.15) is 5.82 Å². The summed E-state index contributed by atoms with van der Waals surface area (Å²) < 4.78 is 7.17. The van der Waals surface area contributed by atoms with Crippen molar-refractivity contribution in [1.29, 1.82) is 0 Å². The summed E-state index contributed by atoms with van der Waals surface area (Å²) in [5, 5.41) is 0.589. The maximum atomic E-state index is 13.3. The Kier molecular flexibility index (Phi) is 7.07. The zero-order chi connectivity index (χ0) is 22.5. The number of aryl methyl sites for hydroxylation is 1. The molecule has 162 valence electrons. The first kappa shape index (κ1) is 22.5. The standard InChI is InChI=1S/C23H24ClN3O4/c1-15-4-6-17(7-5-15)12-20-25-22(29)27(13-16(2)21(28)31-3)23(30)26(20)14-18-8-10-19(24)11-9-18/h4-11,16H,12-14H2,1-3H3/t16-/m0/s1. The van der Waals surface area contributed by atoms with Crippen LogP contribution in [0.4, 0.5) is 0 Å². The molecule has 8 heteroatoms. The predicted molar refractivity (Wildman–Crippen MR) is 118 cm³/mol. The highest BCUT2D eigenvalue weighted by molar-refractivity contribution is 6.30. The number of esters is 1. The van der Waals surface area contributed by atoms with Gasteiger partial charge in [-0.25, -0.2) is 14.2 Å². The smallest absolute Gasteiger partial charge is 0.353 e. The third-order valence-electron chi connectivity index (χ3n) is 5.03. The molecule has 1 aromatic heterocycles. The minimum atomic E-state index is -0.685. The number of methoxy groups -OCH3 is 1. The lowest BCUT2D eigenvalue weighted by Gasteiger charge is -2.16. The van der Waals surface area contributed by atoms with Gasteiger partial charge in [-0.2, -0.15) is 4.98 Å². The first-order chi connectivity index (χ1) is 14.8. The highest BCUT2D eigenvalue weighted by Gasteiger charge is 2.20. The van der Waals surface area contributed by atoms with Crippen LogP contribution in [0.2, 0.25) is 5.02 Å². The van der Waals surface area contributed by atoms with Gasteiger partial charge in [-0.3, -0.25) is 9.36 Å². The van der Waals surface area contributed by atoms with Gasteiger partial charge in [-0.1, -0.05) is 60.5 Å². The van der Waals surface area contributed by atoms with E-state index in [2.05, 4.69) is 4.98 Å². The first-order valence-corrected chi connectivity index (χ1v) is 10.2. The highest BCUT2D eigenvalue weighted by Crippen LogP contribution is 2.12. The van der Waals surface area contributed by atoms with Crippen molar-refractivity contribution in [3.05, 3.63) is 97.0 Å². The van der Waals surface area contributed by atoms with E-state index in [0.29, 0.717) is 17.3 Å². The Balaban J connectivity index is 2.06. The van der Waals surface area contributed by atoms with E-state index in [1.807, 2.05) is 43.3 Å². The molecule has 0 bridgehead atoms. The second-order valence-corrected chi connectivity index (χ2v) is 7.94. The average molecular weight is 442 g/mol. The maximum absolute atomic E-state index is 13.3. The summed E-state index contributed by atoms with van der Waals surface area (Å²) >= 11 is 5.97. The van der Waals surface area contributed by atoms with Crippen LogP contribution in [-0.2, 0) is 29.0 Å². The molecular weight excluding hydrogens is 418 g/mol. The largest absolute Gasteiger partial charge is 0.469 e. The maximum Gasteiger partial charge on any atom is 0.353 e. The number of rotatable bonds is 7. The Bertz CT molecular complexity index is 1180. The van der Waals surface area contributed by atoms with Gasteiger partial charge < -0.3 is 4.74 Å². The van der Waals surface area contributed by atoms with Gasteiger partial charge in [-0.15, -0.1) is 0 Å². The lowest BCUT2D eigenvalue weighted by molar-refractivity contribution is -0.145. The number of carbonyl (C=O) groups is 1. The Morgan fingerprint density at radius 2 is 1.65 bits per heavy atom. The third-order valence-corrected chi connectivity index (χ3v) is 5.28. The highest BCUT2D eigenvalue weighted by atomic mass is 35.5. The van der Waals surface area contributed by atoms with Gasteiger partial charge in [0.15, 0.2) is 0 Å². The number of hydrogen-bond acceptors (Lipinski definition) is 5. The molecule has 0 aliphatic rings. The van der Waals surface area contributed by atoms with Crippen LogP contribution in [0.1, 0.15) is 29.4 Å². The number of benzene rings is 2. The fourth-order valence-corrected chi connectivity index (χ4v) is 3.36. The zero-order valence-corrected chi connectivity index (χ0v) is 18.4. The van der Waals surface area contributed by atoms with Gasteiger partial charge in [0, 0.05) is 18.0 Å². The van der Waals surface area contributed by atoms with Crippen LogP contribution in [0.5, 0.6) is 0 Å². The number of carbonyl (C=O) groups excluding carboxylic acids is 1. The Hall–Kier alpha value is -3.19. The minimum absolute atomic E-state index is 0.108. The SMILES string of the molecule is COC(=O)[C@@H](C)Cn1c(=O)nc(Cc2ccc(C)cc2)n(Cc2ccc(Cl)cc2)c1=O. The van der Waals surface area contributed by atoms with E-state index < -0.39 is 23.3 Å². The molecule has 3 aromatic rings. The van der Waals surface area contributed by atoms with Crippen LogP contribution in [0.25, 0.3) is 0 Å². The molecule has 0 aliphatic heterocycles. The molecule has 0 saturated carbocycles. The van der Waals surface area contributed by atoms with Crippen LogP contribution >= 0.6 is 11.6 Å². The number of hydrogen-bond donors (Lipinski definition) is 0. The van der Waals surface area contributed by atoms with Gasteiger partial charge in [0.2, 0.25) is 0 Å². The molecule has 0 saturated heterocycles. The van der Waals surface area contributed by atoms with Crippen LogP contribution in [-0.4, -0.2) is 27.2 Å². The quantitative estimate of drug-likeness (QED) is 0.526. The average Bonchev–Trinajstić information content (AvgIpc) is 2.76. The summed E-state index contributed by atoms with van der Waals surface area (Å²) in [6, 6.07) is 14.9. The van der Waals surface area contributed by atoms with Crippen molar-refractivity contribution in [3.8, 4) is 0 Å². The number of aromatic nitrogens is 3. The molecule has 3 rings (SSSR count). The molecule has 0 N–H and O–H groups in total. The van der Waals surface area contributed by atoms with E-state index >= 15 is 0 Å². The first-order valence-electron chi connectivity index (χ1n) is 9.87. The summed E-state index contributed by atoms with van der Waals surface area (Å²) in [6.45, 7) is 3.70. The molecule has 7 nitrogen and oxygen atoms in total. The van der Waals surface area contributed by atoms with Gasteiger partial charge in [0.25, 0.3) is 0 Å². The van der Waals surface area contributed by atoms with E-state index in [1.54, 1.807) is 19.1 Å². The van der Waals surface area contributed by atoms with Crippen LogP contribution in [0, 0.1) is 12.8 Å². The third kappa shape index (κ3) is 5.49. The predicted octanol–water partition coefficient (Wildman–Crippen LogP) is 2.82. The monoisotopic (exact) mass is 441 g/mol. The molecule has 1 atom stereocenters. The van der Waals surface area contributed by atoms with Gasteiger partial charge in [-0.05, 0) is 30.2 Å². The molecule has 0 fully saturated rings. The molecule has 0 spiro atoms. The number of halogens is 1. The molecule has 31 heavy (non-hydrogen) atoms. The van der Waals surface area contributed by atoms with Crippen molar-refractivity contribution in [3.63, 3.8) is 0 Å². The number of nitrogens with zero attached hydrogens (tertiary/aromatic N) is 3. The summed E-state index contributed by atoms with van der Waals surface area (Å²) in [5.41, 5.74) is 1.68. The van der Waals surface area contributed by atoms with E-state index in [0.717, 1.165) is 21.3 Å². The zero-order valence-electron chi connectivity index (χ0n) is 17.7. The van der Waals surface area contributed by atoms with E-state index in [9.17, 15) is 14.4 Å². The van der Waals surface area contributed by atoms with E-state index in [1.165, 1.54) is 11.7 Å². The summed E-state index contributed by atoms with van der Waals surface area (Å²) in [5.74, 6) is -0.806. The van der Waals surface area contributed by atoms with Crippen molar-refractivity contribution in [1.82, 2.24) is 14.1 Å². The molecule has 0 radical (unpaired) electrons. The van der Waals surface area contributed by atoms with E-state index in [-0.39, 0.29) is 13.1 Å². The fraction of sp³-hybridized carbons (Fsp3) is 0.304. The van der Waals surface area contributed by atoms with Gasteiger partial charge in [0.05, 0.1) is 19.6 Å². The summed E-state index contributed by atoms with van der Waals surface area (Å²) in [4.78, 5) is 41.9. The van der Waals surface area contributed by atoms with Crippen molar-refractivity contribution in [2.24, 2.45) is 5.92 Å². The number of ether oxygens (including phenoxy) is 1.